The minimum atomic E-state index is 0.762. The zero-order valence-electron chi connectivity index (χ0n) is 8.66. The van der Waals surface area contributed by atoms with Gasteiger partial charge in [-0.05, 0) is 30.0 Å². The number of nitrogen functional groups attached to an aromatic ring is 1. The van der Waals surface area contributed by atoms with Crippen LogP contribution >= 0.6 is 0 Å². The van der Waals surface area contributed by atoms with Crippen LogP contribution in [0.3, 0.4) is 0 Å². The molecule has 1 saturated carbocycles. The van der Waals surface area contributed by atoms with Crippen LogP contribution in [0.5, 0.6) is 0 Å². The third-order valence-electron chi connectivity index (χ3n) is 3.00. The molecule has 1 aromatic rings. The van der Waals surface area contributed by atoms with Gasteiger partial charge in [0.05, 0.1) is 0 Å². The fraction of sp³-hybridized carbons (Fsp3) is 0.500. The van der Waals surface area contributed by atoms with Crippen molar-refractivity contribution in [3.63, 3.8) is 0 Å². The van der Waals surface area contributed by atoms with Crippen LogP contribution in [0.2, 0.25) is 0 Å². The van der Waals surface area contributed by atoms with E-state index >= 15 is 0 Å². The van der Waals surface area contributed by atoms with E-state index in [1.807, 2.05) is 12.1 Å². The topological polar surface area (TPSA) is 38.0 Å². The number of benzene rings is 1. The second-order valence-corrected chi connectivity index (χ2v) is 4.13. The highest BCUT2D eigenvalue weighted by Crippen LogP contribution is 2.33. The molecule has 1 fully saturated rings. The molecule has 0 aliphatic heterocycles. The maximum Gasteiger partial charge on any atom is 0.0314 e. The molecular weight excluding hydrogens is 172 g/mol. The molecule has 1 aliphatic rings. The molecule has 0 amide bonds. The van der Waals surface area contributed by atoms with Gasteiger partial charge in [0, 0.05) is 18.3 Å². The molecule has 1 aliphatic carbocycles. The van der Waals surface area contributed by atoms with E-state index in [0.29, 0.717) is 0 Å². The molecule has 0 saturated heterocycles. The van der Waals surface area contributed by atoms with E-state index in [0.717, 1.165) is 24.2 Å². The first-order valence-electron chi connectivity index (χ1n) is 5.37. The smallest absolute Gasteiger partial charge is 0.0314 e. The summed E-state index contributed by atoms with van der Waals surface area (Å²) in [7, 11) is 0. The van der Waals surface area contributed by atoms with Crippen LogP contribution in [0.4, 0.5) is 5.69 Å². The lowest BCUT2D eigenvalue weighted by Gasteiger charge is -2.04. The van der Waals surface area contributed by atoms with Crippen molar-refractivity contribution in [1.29, 1.82) is 0 Å². The van der Waals surface area contributed by atoms with Gasteiger partial charge in [0.15, 0.2) is 0 Å². The number of hydrogen-bond acceptors (Lipinski definition) is 2. The van der Waals surface area contributed by atoms with Gasteiger partial charge in [-0.1, -0.05) is 25.5 Å². The second kappa shape index (κ2) is 4.01. The predicted octanol–water partition coefficient (Wildman–Crippen LogP) is 2.16. The maximum absolute atomic E-state index is 5.62. The van der Waals surface area contributed by atoms with Crippen LogP contribution in [0, 0.1) is 5.92 Å². The van der Waals surface area contributed by atoms with Gasteiger partial charge >= 0.3 is 0 Å². The SMILES string of the molecule is CCC1CC1NCc1ccc(N)cc1. The summed E-state index contributed by atoms with van der Waals surface area (Å²) >= 11 is 0. The third-order valence-corrected chi connectivity index (χ3v) is 3.00. The summed E-state index contributed by atoms with van der Waals surface area (Å²) in [5.74, 6) is 0.920. The van der Waals surface area contributed by atoms with Crippen molar-refractivity contribution >= 4 is 5.69 Å². The van der Waals surface area contributed by atoms with Crippen molar-refractivity contribution in [2.24, 2.45) is 5.92 Å². The molecule has 0 bridgehead atoms. The summed E-state index contributed by atoms with van der Waals surface area (Å²) in [6, 6.07) is 8.86. The number of anilines is 1. The molecule has 14 heavy (non-hydrogen) atoms. The Hall–Kier alpha value is -1.02. The highest BCUT2D eigenvalue weighted by Gasteiger charge is 2.34. The monoisotopic (exact) mass is 190 g/mol. The Morgan fingerprint density at radius 1 is 1.36 bits per heavy atom. The number of nitrogens with one attached hydrogen (secondary N) is 1. The average molecular weight is 190 g/mol. The van der Waals surface area contributed by atoms with Gasteiger partial charge < -0.3 is 11.1 Å². The van der Waals surface area contributed by atoms with Crippen LogP contribution in [-0.4, -0.2) is 6.04 Å². The van der Waals surface area contributed by atoms with Crippen LogP contribution in [0.25, 0.3) is 0 Å². The van der Waals surface area contributed by atoms with Gasteiger partial charge in [0.25, 0.3) is 0 Å². The minimum Gasteiger partial charge on any atom is -0.399 e. The largest absolute Gasteiger partial charge is 0.399 e. The van der Waals surface area contributed by atoms with Crippen LogP contribution < -0.4 is 11.1 Å². The van der Waals surface area contributed by atoms with Crippen molar-refractivity contribution in [2.45, 2.75) is 32.4 Å². The molecule has 0 spiro atoms. The maximum atomic E-state index is 5.62. The molecule has 2 heteroatoms. The summed E-state index contributed by atoms with van der Waals surface area (Å²) in [4.78, 5) is 0. The molecule has 2 atom stereocenters. The Labute approximate surface area is 85.5 Å². The number of nitrogens with two attached hydrogens (primary N) is 1. The molecule has 76 valence electrons. The number of hydrogen-bond donors (Lipinski definition) is 2. The first-order chi connectivity index (χ1) is 6.79. The average Bonchev–Trinajstić information content (AvgIpc) is 2.96. The fourth-order valence-electron chi connectivity index (χ4n) is 1.83. The Morgan fingerprint density at radius 2 is 2.07 bits per heavy atom. The molecule has 0 aromatic heterocycles. The van der Waals surface area contributed by atoms with Crippen molar-refractivity contribution < 1.29 is 0 Å². The summed E-state index contributed by atoms with van der Waals surface area (Å²) in [6.45, 7) is 3.23. The van der Waals surface area contributed by atoms with E-state index in [4.69, 9.17) is 5.73 Å². The zero-order chi connectivity index (χ0) is 9.97. The van der Waals surface area contributed by atoms with Crippen molar-refractivity contribution in [3.8, 4) is 0 Å². The van der Waals surface area contributed by atoms with Crippen molar-refractivity contribution in [3.05, 3.63) is 29.8 Å². The van der Waals surface area contributed by atoms with Gasteiger partial charge in [-0.2, -0.15) is 0 Å². The summed E-state index contributed by atoms with van der Waals surface area (Å²) in [6.07, 6.45) is 2.66. The van der Waals surface area contributed by atoms with Crippen LogP contribution in [0.1, 0.15) is 25.3 Å². The van der Waals surface area contributed by atoms with E-state index < -0.39 is 0 Å². The van der Waals surface area contributed by atoms with E-state index in [1.54, 1.807) is 0 Å². The van der Waals surface area contributed by atoms with Gasteiger partial charge in [-0.15, -0.1) is 0 Å². The van der Waals surface area contributed by atoms with E-state index in [2.05, 4.69) is 24.4 Å². The lowest BCUT2D eigenvalue weighted by atomic mass is 10.2. The normalized spacial score (nSPS) is 24.9. The summed E-state index contributed by atoms with van der Waals surface area (Å²) < 4.78 is 0. The van der Waals surface area contributed by atoms with Gasteiger partial charge in [0.2, 0.25) is 0 Å². The second-order valence-electron chi connectivity index (χ2n) is 4.13. The van der Waals surface area contributed by atoms with E-state index in [1.165, 1.54) is 18.4 Å². The Balaban J connectivity index is 1.78. The highest BCUT2D eigenvalue weighted by molar-refractivity contribution is 5.39. The highest BCUT2D eigenvalue weighted by atomic mass is 15.0. The summed E-state index contributed by atoms with van der Waals surface area (Å²) in [5.41, 5.74) is 7.78. The Kier molecular flexibility index (Phi) is 2.73. The third kappa shape index (κ3) is 2.26. The Bertz CT molecular complexity index is 292. The molecule has 0 heterocycles. The van der Waals surface area contributed by atoms with Gasteiger partial charge in [-0.3, -0.25) is 0 Å². The minimum absolute atomic E-state index is 0.762. The van der Waals surface area contributed by atoms with Gasteiger partial charge in [-0.25, -0.2) is 0 Å². The van der Waals surface area contributed by atoms with Crippen LogP contribution in [-0.2, 0) is 6.54 Å². The lowest BCUT2D eigenvalue weighted by molar-refractivity contribution is 0.623. The van der Waals surface area contributed by atoms with Crippen LogP contribution in [0.15, 0.2) is 24.3 Å². The first-order valence-corrected chi connectivity index (χ1v) is 5.37. The molecule has 2 rings (SSSR count). The van der Waals surface area contributed by atoms with Crippen molar-refractivity contribution in [1.82, 2.24) is 5.32 Å². The zero-order valence-corrected chi connectivity index (χ0v) is 8.66. The predicted molar refractivity (Wildman–Crippen MR) is 59.9 cm³/mol. The quantitative estimate of drug-likeness (QED) is 0.714. The molecule has 2 unspecified atom stereocenters. The Morgan fingerprint density at radius 3 is 2.64 bits per heavy atom. The van der Waals surface area contributed by atoms with Gasteiger partial charge in [0.1, 0.15) is 0 Å². The number of rotatable bonds is 4. The van der Waals surface area contributed by atoms with E-state index in [9.17, 15) is 0 Å². The molecule has 1 aromatic carbocycles. The standard InChI is InChI=1S/C12H18N2/c1-2-10-7-12(10)14-8-9-3-5-11(13)6-4-9/h3-6,10,12,14H,2,7-8,13H2,1H3. The summed E-state index contributed by atoms with van der Waals surface area (Å²) in [5, 5.41) is 3.55. The molecular formula is C12H18N2. The molecule has 3 N–H and O–H groups in total. The molecule has 0 radical (unpaired) electrons. The van der Waals surface area contributed by atoms with E-state index in [-0.39, 0.29) is 0 Å². The molecule has 2 nitrogen and oxygen atoms in total. The van der Waals surface area contributed by atoms with Crippen molar-refractivity contribution in [2.75, 3.05) is 5.73 Å². The lowest BCUT2D eigenvalue weighted by Crippen LogP contribution is -2.17. The first kappa shape index (κ1) is 9.53. The fourth-order valence-corrected chi connectivity index (χ4v) is 1.83.